The number of hydrogen-bond acceptors (Lipinski definition) is 2. The van der Waals surface area contributed by atoms with Gasteiger partial charge in [0.25, 0.3) is 0 Å². The lowest BCUT2D eigenvalue weighted by Crippen LogP contribution is -2.24. The zero-order valence-electron chi connectivity index (χ0n) is 14.0. The van der Waals surface area contributed by atoms with Crippen LogP contribution < -0.4 is 10.6 Å². The Morgan fingerprint density at radius 3 is 2.58 bits per heavy atom. The molecule has 0 unspecified atom stereocenters. The molecular weight excluding hydrogens is 343 g/mol. The van der Waals surface area contributed by atoms with Gasteiger partial charge >= 0.3 is 0 Å². The molecule has 0 heterocycles. The average Bonchev–Trinajstić information content (AvgIpc) is 2.50. The van der Waals surface area contributed by atoms with E-state index in [1.54, 1.807) is 0 Å². The summed E-state index contributed by atoms with van der Waals surface area (Å²) in [4.78, 5) is 12.1. The summed E-state index contributed by atoms with van der Waals surface area (Å²) in [7, 11) is 0. The maximum Gasteiger partial charge on any atom is 0.225 e. The highest BCUT2D eigenvalue weighted by Crippen LogP contribution is 2.27. The van der Waals surface area contributed by atoms with E-state index in [1.807, 2.05) is 50.2 Å². The maximum absolute atomic E-state index is 12.1. The molecule has 2 N–H and O–H groups in total. The minimum absolute atomic E-state index is 0.0425. The van der Waals surface area contributed by atoms with Crippen LogP contribution in [0.5, 0.6) is 0 Å². The molecule has 0 saturated carbocycles. The van der Waals surface area contributed by atoms with Crippen molar-refractivity contribution in [2.45, 2.75) is 26.7 Å². The largest absolute Gasteiger partial charge is 0.325 e. The van der Waals surface area contributed by atoms with Crippen LogP contribution in [0.25, 0.3) is 0 Å². The highest BCUT2D eigenvalue weighted by Gasteiger charge is 2.09. The van der Waals surface area contributed by atoms with Crippen molar-refractivity contribution in [2.24, 2.45) is 0 Å². The molecule has 0 fully saturated rings. The first-order chi connectivity index (χ1) is 11.5. The van der Waals surface area contributed by atoms with Gasteiger partial charge in [-0.05, 0) is 61.7 Å². The molecule has 0 saturated heterocycles. The summed E-state index contributed by atoms with van der Waals surface area (Å²) in [5.74, 6) is -0.0425. The third kappa shape index (κ3) is 5.82. The predicted molar refractivity (Wildman–Crippen MR) is 102 cm³/mol. The molecule has 5 heteroatoms. The lowest BCUT2D eigenvalue weighted by molar-refractivity contribution is -0.116. The third-order valence-electron chi connectivity index (χ3n) is 3.70. The van der Waals surface area contributed by atoms with E-state index in [2.05, 4.69) is 10.6 Å². The number of rotatable bonds is 7. The first-order valence-corrected chi connectivity index (χ1v) is 8.73. The standard InChI is InChI=1S/C19H22Cl2N2O/c1-13-10-14(2)19(17(21)11-13)23-18(24)7-9-22-8-6-15-4-3-5-16(20)12-15/h3-5,10-12,22H,6-9H2,1-2H3,(H,23,24). The van der Waals surface area contributed by atoms with Gasteiger partial charge in [0.2, 0.25) is 5.91 Å². The molecule has 128 valence electrons. The van der Waals surface area contributed by atoms with Gasteiger partial charge in [0.05, 0.1) is 10.7 Å². The summed E-state index contributed by atoms with van der Waals surface area (Å²) in [5, 5.41) is 7.49. The van der Waals surface area contributed by atoms with Crippen molar-refractivity contribution in [1.29, 1.82) is 0 Å². The SMILES string of the molecule is Cc1cc(C)c(NC(=O)CCNCCc2cccc(Cl)c2)c(Cl)c1. The molecule has 3 nitrogen and oxygen atoms in total. The minimum atomic E-state index is -0.0425. The normalized spacial score (nSPS) is 10.7. The smallest absolute Gasteiger partial charge is 0.225 e. The highest BCUT2D eigenvalue weighted by molar-refractivity contribution is 6.34. The van der Waals surface area contributed by atoms with Crippen LogP contribution in [-0.4, -0.2) is 19.0 Å². The summed E-state index contributed by atoms with van der Waals surface area (Å²) >= 11 is 12.2. The Bertz CT molecular complexity index is 693. The van der Waals surface area contributed by atoms with Crippen molar-refractivity contribution in [2.75, 3.05) is 18.4 Å². The van der Waals surface area contributed by atoms with Crippen LogP contribution in [0.15, 0.2) is 36.4 Å². The monoisotopic (exact) mass is 364 g/mol. The van der Waals surface area contributed by atoms with E-state index in [-0.39, 0.29) is 5.91 Å². The van der Waals surface area contributed by atoms with E-state index in [1.165, 1.54) is 5.56 Å². The molecule has 0 spiro atoms. The van der Waals surface area contributed by atoms with Gasteiger partial charge in [-0.25, -0.2) is 0 Å². The van der Waals surface area contributed by atoms with Gasteiger partial charge in [0.15, 0.2) is 0 Å². The Hall–Kier alpha value is -1.55. The van der Waals surface area contributed by atoms with Crippen LogP contribution in [0.3, 0.4) is 0 Å². The molecule has 2 aromatic carbocycles. The fourth-order valence-corrected chi connectivity index (χ4v) is 3.11. The van der Waals surface area contributed by atoms with Gasteiger partial charge in [-0.3, -0.25) is 4.79 Å². The number of nitrogens with one attached hydrogen (secondary N) is 2. The number of benzene rings is 2. The Morgan fingerprint density at radius 1 is 1.08 bits per heavy atom. The predicted octanol–water partition coefficient (Wildman–Crippen LogP) is 4.77. The zero-order chi connectivity index (χ0) is 17.5. The van der Waals surface area contributed by atoms with Gasteiger partial charge in [0, 0.05) is 18.0 Å². The van der Waals surface area contributed by atoms with Crippen molar-refractivity contribution < 1.29 is 4.79 Å². The fraction of sp³-hybridized carbons (Fsp3) is 0.316. The molecule has 1 amide bonds. The van der Waals surface area contributed by atoms with Crippen LogP contribution in [0.1, 0.15) is 23.1 Å². The van der Waals surface area contributed by atoms with Crippen molar-refractivity contribution in [3.05, 3.63) is 63.1 Å². The number of carbonyl (C=O) groups is 1. The summed E-state index contributed by atoms with van der Waals surface area (Å²) in [6.07, 6.45) is 1.28. The van der Waals surface area contributed by atoms with Crippen molar-refractivity contribution in [3.63, 3.8) is 0 Å². The van der Waals surface area contributed by atoms with Crippen molar-refractivity contribution >= 4 is 34.8 Å². The highest BCUT2D eigenvalue weighted by atomic mass is 35.5. The van der Waals surface area contributed by atoms with Crippen LogP contribution >= 0.6 is 23.2 Å². The molecule has 2 aromatic rings. The molecule has 0 aliphatic rings. The number of anilines is 1. The molecule has 24 heavy (non-hydrogen) atoms. The Kier molecular flexibility index (Phi) is 7.10. The van der Waals surface area contributed by atoms with E-state index in [0.717, 1.165) is 29.1 Å². The quantitative estimate of drug-likeness (QED) is 0.694. The van der Waals surface area contributed by atoms with Gasteiger partial charge in [-0.2, -0.15) is 0 Å². The second kappa shape index (κ2) is 9.07. The minimum Gasteiger partial charge on any atom is -0.325 e. The lowest BCUT2D eigenvalue weighted by atomic mass is 10.1. The number of hydrogen-bond donors (Lipinski definition) is 2. The fourth-order valence-electron chi connectivity index (χ4n) is 2.53. The second-order valence-corrected chi connectivity index (χ2v) is 6.71. The molecule has 0 aliphatic carbocycles. The van der Waals surface area contributed by atoms with Crippen LogP contribution in [0.4, 0.5) is 5.69 Å². The van der Waals surface area contributed by atoms with Gasteiger partial charge < -0.3 is 10.6 Å². The van der Waals surface area contributed by atoms with E-state index in [0.29, 0.717) is 23.7 Å². The molecular formula is C19H22Cl2N2O. The van der Waals surface area contributed by atoms with Crippen LogP contribution in [0.2, 0.25) is 10.0 Å². The Labute approximate surface area is 153 Å². The first kappa shape index (κ1) is 18.8. The lowest BCUT2D eigenvalue weighted by Gasteiger charge is -2.12. The van der Waals surface area contributed by atoms with E-state index >= 15 is 0 Å². The number of aryl methyl sites for hydroxylation is 2. The Morgan fingerprint density at radius 2 is 1.88 bits per heavy atom. The van der Waals surface area contributed by atoms with Gasteiger partial charge in [0.1, 0.15) is 0 Å². The summed E-state index contributed by atoms with van der Waals surface area (Å²) in [6, 6.07) is 11.7. The molecule has 2 rings (SSSR count). The number of amides is 1. The van der Waals surface area contributed by atoms with E-state index in [4.69, 9.17) is 23.2 Å². The van der Waals surface area contributed by atoms with E-state index in [9.17, 15) is 4.79 Å². The second-order valence-electron chi connectivity index (χ2n) is 5.87. The van der Waals surface area contributed by atoms with Crippen LogP contribution in [-0.2, 0) is 11.2 Å². The summed E-state index contributed by atoms with van der Waals surface area (Å²) < 4.78 is 0. The Balaban J connectivity index is 1.72. The van der Waals surface area contributed by atoms with Crippen molar-refractivity contribution in [1.82, 2.24) is 5.32 Å². The number of halogens is 2. The topological polar surface area (TPSA) is 41.1 Å². The summed E-state index contributed by atoms with van der Waals surface area (Å²) in [6.45, 7) is 5.35. The maximum atomic E-state index is 12.1. The van der Waals surface area contributed by atoms with Gasteiger partial charge in [-0.15, -0.1) is 0 Å². The van der Waals surface area contributed by atoms with Crippen molar-refractivity contribution in [3.8, 4) is 0 Å². The molecule has 0 bridgehead atoms. The van der Waals surface area contributed by atoms with Gasteiger partial charge in [-0.1, -0.05) is 41.4 Å². The van der Waals surface area contributed by atoms with Crippen LogP contribution in [0, 0.1) is 13.8 Å². The first-order valence-electron chi connectivity index (χ1n) is 7.97. The average molecular weight is 365 g/mol. The summed E-state index contributed by atoms with van der Waals surface area (Å²) in [5.41, 5.74) is 3.94. The number of carbonyl (C=O) groups excluding carboxylic acids is 1. The third-order valence-corrected chi connectivity index (χ3v) is 4.24. The zero-order valence-corrected chi connectivity index (χ0v) is 15.5. The van der Waals surface area contributed by atoms with E-state index < -0.39 is 0 Å². The molecule has 0 radical (unpaired) electrons. The molecule has 0 aromatic heterocycles. The molecule has 0 aliphatic heterocycles. The molecule has 0 atom stereocenters.